The van der Waals surface area contributed by atoms with E-state index in [4.69, 9.17) is 21.3 Å². The van der Waals surface area contributed by atoms with Crippen LogP contribution in [0.25, 0.3) is 11.0 Å². The monoisotopic (exact) mass is 340 g/mol. The van der Waals surface area contributed by atoms with Gasteiger partial charge in [-0.2, -0.15) is 0 Å². The minimum Gasteiger partial charge on any atom is -0.483 e. The maximum Gasteiger partial charge on any atom is 0.153 e. The van der Waals surface area contributed by atoms with Crippen LogP contribution < -0.4 is 4.74 Å². The third-order valence-corrected chi connectivity index (χ3v) is 4.34. The van der Waals surface area contributed by atoms with Crippen LogP contribution in [0.3, 0.4) is 0 Å². The van der Waals surface area contributed by atoms with Crippen molar-refractivity contribution in [3.63, 3.8) is 0 Å². The van der Waals surface area contributed by atoms with Gasteiger partial charge in [0.2, 0.25) is 0 Å². The molecule has 0 aliphatic rings. The Hall–Kier alpha value is -2.26. The quantitative estimate of drug-likeness (QED) is 0.556. The van der Waals surface area contributed by atoms with Crippen molar-refractivity contribution in [2.24, 2.45) is 0 Å². The fourth-order valence-corrected chi connectivity index (χ4v) is 2.91. The van der Waals surface area contributed by atoms with Crippen LogP contribution in [0.4, 0.5) is 0 Å². The highest BCUT2D eigenvalue weighted by Crippen LogP contribution is 2.28. The van der Waals surface area contributed by atoms with Gasteiger partial charge in [0.1, 0.15) is 5.75 Å². The average Bonchev–Trinajstić information content (AvgIpc) is 2.89. The summed E-state index contributed by atoms with van der Waals surface area (Å²) in [6.07, 6.45) is -0.183. The largest absolute Gasteiger partial charge is 0.483 e. The maximum atomic E-state index is 6.12. The molecule has 0 saturated heterocycles. The maximum absolute atomic E-state index is 6.12. The van der Waals surface area contributed by atoms with Crippen LogP contribution in [0.1, 0.15) is 31.3 Å². The van der Waals surface area contributed by atoms with E-state index >= 15 is 0 Å². The molecule has 4 heteroatoms. The molecule has 0 N–H and O–H groups in total. The Kier molecular flexibility index (Phi) is 4.63. The van der Waals surface area contributed by atoms with Gasteiger partial charge < -0.3 is 9.30 Å². The molecule has 0 radical (unpaired) electrons. The smallest absolute Gasteiger partial charge is 0.153 e. The molecular formula is C20H21ClN2O. The van der Waals surface area contributed by atoms with Gasteiger partial charge >= 0.3 is 0 Å². The number of halogens is 1. The van der Waals surface area contributed by atoms with Crippen molar-refractivity contribution in [2.45, 2.75) is 33.4 Å². The van der Waals surface area contributed by atoms with Crippen LogP contribution in [0.5, 0.6) is 5.75 Å². The number of aryl methyl sites for hydroxylation is 1. The van der Waals surface area contributed by atoms with Gasteiger partial charge in [-0.3, -0.25) is 0 Å². The summed E-state index contributed by atoms with van der Waals surface area (Å²) in [5.41, 5.74) is 4.14. The predicted octanol–water partition coefficient (Wildman–Crippen LogP) is 5.71. The topological polar surface area (TPSA) is 27.1 Å². The molecular weight excluding hydrogens is 320 g/mol. The Balaban J connectivity index is 1.97. The minimum atomic E-state index is -0.183. The van der Waals surface area contributed by atoms with E-state index in [1.807, 2.05) is 57.2 Å². The molecule has 24 heavy (non-hydrogen) atoms. The molecule has 3 nitrogen and oxygen atoms in total. The van der Waals surface area contributed by atoms with Gasteiger partial charge in [0.05, 0.1) is 11.0 Å². The molecule has 0 aliphatic heterocycles. The zero-order valence-electron chi connectivity index (χ0n) is 14.2. The summed E-state index contributed by atoms with van der Waals surface area (Å²) in [6, 6.07) is 13.8. The van der Waals surface area contributed by atoms with E-state index < -0.39 is 0 Å². The number of hydrogen-bond donors (Lipinski definition) is 0. The SMILES string of the molecule is C=C(C)Cn1c(C(C)Oc2ccc(Cl)c(C)c2)nc2ccccc21. The highest BCUT2D eigenvalue weighted by Gasteiger charge is 2.18. The van der Waals surface area contributed by atoms with Crippen LogP contribution >= 0.6 is 11.6 Å². The first-order chi connectivity index (χ1) is 11.5. The van der Waals surface area contributed by atoms with Crippen LogP contribution in [0.2, 0.25) is 5.02 Å². The molecule has 0 bridgehead atoms. The zero-order valence-corrected chi connectivity index (χ0v) is 15.0. The Labute approximate surface area is 147 Å². The molecule has 0 spiro atoms. The molecule has 3 rings (SSSR count). The second-order valence-electron chi connectivity index (χ2n) is 6.17. The first-order valence-corrected chi connectivity index (χ1v) is 8.36. The van der Waals surface area contributed by atoms with Gasteiger partial charge in [0, 0.05) is 11.6 Å². The second-order valence-corrected chi connectivity index (χ2v) is 6.58. The molecule has 1 unspecified atom stereocenters. The van der Waals surface area contributed by atoms with Gasteiger partial charge in [-0.25, -0.2) is 4.98 Å². The Morgan fingerprint density at radius 1 is 1.29 bits per heavy atom. The summed E-state index contributed by atoms with van der Waals surface area (Å²) in [5, 5.41) is 0.740. The first kappa shape index (κ1) is 16.6. The third kappa shape index (κ3) is 3.31. The summed E-state index contributed by atoms with van der Waals surface area (Å²) >= 11 is 6.09. The van der Waals surface area contributed by atoms with Crippen molar-refractivity contribution in [1.29, 1.82) is 0 Å². The van der Waals surface area contributed by atoms with E-state index in [9.17, 15) is 0 Å². The lowest BCUT2D eigenvalue weighted by atomic mass is 10.2. The summed E-state index contributed by atoms with van der Waals surface area (Å²) in [7, 11) is 0. The Morgan fingerprint density at radius 3 is 2.75 bits per heavy atom. The second kappa shape index (κ2) is 6.70. The third-order valence-electron chi connectivity index (χ3n) is 3.92. The number of nitrogens with zero attached hydrogens (tertiary/aromatic N) is 2. The minimum absolute atomic E-state index is 0.183. The summed E-state index contributed by atoms with van der Waals surface area (Å²) in [5.74, 6) is 1.69. The Morgan fingerprint density at radius 2 is 2.04 bits per heavy atom. The first-order valence-electron chi connectivity index (χ1n) is 7.98. The average molecular weight is 341 g/mol. The molecule has 0 saturated carbocycles. The highest BCUT2D eigenvalue weighted by molar-refractivity contribution is 6.31. The van der Waals surface area contributed by atoms with E-state index in [2.05, 4.69) is 17.2 Å². The standard InChI is InChI=1S/C20H21ClN2O/c1-13(2)12-23-19-8-6-5-7-18(19)22-20(23)15(4)24-16-9-10-17(21)14(3)11-16/h5-11,15H,1,12H2,2-4H3. The van der Waals surface area contributed by atoms with Gasteiger partial charge in [0.15, 0.2) is 11.9 Å². The summed E-state index contributed by atoms with van der Waals surface area (Å²) in [6.45, 7) is 10.8. The zero-order chi connectivity index (χ0) is 17.3. The molecule has 1 atom stereocenters. The summed E-state index contributed by atoms with van der Waals surface area (Å²) in [4.78, 5) is 4.77. The Bertz CT molecular complexity index is 898. The number of imidazole rings is 1. The van der Waals surface area contributed by atoms with Crippen molar-refractivity contribution >= 4 is 22.6 Å². The van der Waals surface area contributed by atoms with Gasteiger partial charge in [-0.05, 0) is 56.7 Å². The van der Waals surface area contributed by atoms with Crippen molar-refractivity contribution in [1.82, 2.24) is 9.55 Å². The van der Waals surface area contributed by atoms with Crippen LogP contribution in [0, 0.1) is 6.92 Å². The molecule has 3 aromatic rings. The lowest BCUT2D eigenvalue weighted by Gasteiger charge is -2.17. The van der Waals surface area contributed by atoms with Gasteiger partial charge in [0.25, 0.3) is 0 Å². The van der Waals surface area contributed by atoms with Gasteiger partial charge in [-0.1, -0.05) is 35.9 Å². The van der Waals surface area contributed by atoms with Crippen molar-refractivity contribution in [3.8, 4) is 5.75 Å². The number of para-hydroxylation sites is 2. The molecule has 2 aromatic carbocycles. The van der Waals surface area contributed by atoms with Crippen LogP contribution in [-0.4, -0.2) is 9.55 Å². The van der Waals surface area contributed by atoms with Crippen molar-refractivity contribution in [3.05, 3.63) is 71.0 Å². The van der Waals surface area contributed by atoms with E-state index in [0.29, 0.717) is 0 Å². The van der Waals surface area contributed by atoms with Crippen LogP contribution in [0.15, 0.2) is 54.6 Å². The van der Waals surface area contributed by atoms with Gasteiger partial charge in [-0.15, -0.1) is 0 Å². The van der Waals surface area contributed by atoms with E-state index in [1.165, 1.54) is 0 Å². The lowest BCUT2D eigenvalue weighted by Crippen LogP contribution is -2.12. The van der Waals surface area contributed by atoms with E-state index in [1.54, 1.807) is 0 Å². The number of fused-ring (bicyclic) bond motifs is 1. The highest BCUT2D eigenvalue weighted by atomic mass is 35.5. The lowest BCUT2D eigenvalue weighted by molar-refractivity contribution is 0.212. The number of benzene rings is 2. The number of rotatable bonds is 5. The molecule has 0 aliphatic carbocycles. The number of hydrogen-bond acceptors (Lipinski definition) is 2. The number of allylic oxidation sites excluding steroid dienone is 1. The van der Waals surface area contributed by atoms with E-state index in [0.717, 1.165) is 45.3 Å². The van der Waals surface area contributed by atoms with Crippen LogP contribution in [-0.2, 0) is 6.54 Å². The molecule has 1 heterocycles. The molecule has 124 valence electrons. The van der Waals surface area contributed by atoms with Crippen molar-refractivity contribution in [2.75, 3.05) is 0 Å². The fraction of sp³-hybridized carbons (Fsp3) is 0.250. The van der Waals surface area contributed by atoms with E-state index in [-0.39, 0.29) is 6.10 Å². The number of aromatic nitrogens is 2. The van der Waals surface area contributed by atoms with Crippen molar-refractivity contribution < 1.29 is 4.74 Å². The molecule has 1 aromatic heterocycles. The molecule has 0 amide bonds. The predicted molar refractivity (Wildman–Crippen MR) is 99.8 cm³/mol. The summed E-state index contributed by atoms with van der Waals surface area (Å²) < 4.78 is 8.29. The number of ether oxygens (including phenoxy) is 1. The fourth-order valence-electron chi connectivity index (χ4n) is 2.79. The molecule has 0 fully saturated rings. The normalized spacial score (nSPS) is 12.3.